The van der Waals surface area contributed by atoms with Crippen LogP contribution in [0.5, 0.6) is 0 Å². The standard InChI is InChI=1S/C15H12ClF3N6O2S/c16-8-3-1-2-4-10(8)25-11-6-12(28(22,26)27)7(15(17,18)19)5-9(11)23-14(25)24-13(20)21/h1-6H,(H2,22,26,27)(H4,20,21,23,24). The van der Waals surface area contributed by atoms with E-state index in [2.05, 4.69) is 9.98 Å². The molecule has 13 heteroatoms. The van der Waals surface area contributed by atoms with Gasteiger partial charge in [-0.05, 0) is 24.3 Å². The molecule has 28 heavy (non-hydrogen) atoms. The van der Waals surface area contributed by atoms with Gasteiger partial charge in [0.15, 0.2) is 5.96 Å². The van der Waals surface area contributed by atoms with E-state index in [1.54, 1.807) is 12.1 Å². The summed E-state index contributed by atoms with van der Waals surface area (Å²) in [5.41, 5.74) is 9.32. The van der Waals surface area contributed by atoms with Crippen molar-refractivity contribution in [3.8, 4) is 5.69 Å². The minimum atomic E-state index is -4.99. The molecule has 1 heterocycles. The lowest BCUT2D eigenvalue weighted by Crippen LogP contribution is -2.22. The molecular weight excluding hydrogens is 421 g/mol. The maximum absolute atomic E-state index is 13.4. The van der Waals surface area contributed by atoms with E-state index in [-0.39, 0.29) is 27.7 Å². The van der Waals surface area contributed by atoms with E-state index in [0.717, 1.165) is 6.07 Å². The van der Waals surface area contributed by atoms with Crippen molar-refractivity contribution in [1.29, 1.82) is 0 Å². The van der Waals surface area contributed by atoms with Gasteiger partial charge in [-0.15, -0.1) is 0 Å². The quantitative estimate of drug-likeness (QED) is 0.429. The molecule has 148 valence electrons. The summed E-state index contributed by atoms with van der Waals surface area (Å²) in [5.74, 6) is -0.603. The Morgan fingerprint density at radius 1 is 1.18 bits per heavy atom. The van der Waals surface area contributed by atoms with Gasteiger partial charge >= 0.3 is 6.18 Å². The summed E-state index contributed by atoms with van der Waals surface area (Å²) in [6.07, 6.45) is -4.99. The molecule has 0 bridgehead atoms. The van der Waals surface area contributed by atoms with Gasteiger partial charge in [0, 0.05) is 0 Å². The number of halogens is 4. The van der Waals surface area contributed by atoms with E-state index in [1.165, 1.54) is 16.7 Å². The first-order chi connectivity index (χ1) is 12.9. The van der Waals surface area contributed by atoms with Crippen molar-refractivity contribution in [2.24, 2.45) is 21.6 Å². The molecule has 0 spiro atoms. The average Bonchev–Trinajstić information content (AvgIpc) is 2.88. The number of nitrogens with zero attached hydrogens (tertiary/aromatic N) is 3. The van der Waals surface area contributed by atoms with E-state index in [1.807, 2.05) is 0 Å². The average molecular weight is 433 g/mol. The number of imidazole rings is 1. The van der Waals surface area contributed by atoms with Crippen molar-refractivity contribution in [2.45, 2.75) is 11.1 Å². The van der Waals surface area contributed by atoms with Crippen molar-refractivity contribution in [2.75, 3.05) is 0 Å². The summed E-state index contributed by atoms with van der Waals surface area (Å²) in [5, 5.41) is 5.20. The van der Waals surface area contributed by atoms with Crippen molar-refractivity contribution in [1.82, 2.24) is 9.55 Å². The minimum Gasteiger partial charge on any atom is -0.370 e. The number of para-hydroxylation sites is 1. The number of hydrogen-bond donors (Lipinski definition) is 3. The van der Waals surface area contributed by atoms with Crippen LogP contribution in [0.2, 0.25) is 5.02 Å². The summed E-state index contributed by atoms with van der Waals surface area (Å²) in [6.45, 7) is 0. The first kappa shape index (κ1) is 19.9. The zero-order valence-electron chi connectivity index (χ0n) is 13.8. The second kappa shape index (κ2) is 6.65. The van der Waals surface area contributed by atoms with Crippen LogP contribution in [0.3, 0.4) is 0 Å². The third-order valence-corrected chi connectivity index (χ3v) is 4.94. The second-order valence-corrected chi connectivity index (χ2v) is 7.55. The fourth-order valence-electron chi connectivity index (χ4n) is 2.61. The number of guanidine groups is 1. The van der Waals surface area contributed by atoms with Crippen LogP contribution in [0.4, 0.5) is 19.1 Å². The second-order valence-electron chi connectivity index (χ2n) is 5.62. The van der Waals surface area contributed by atoms with E-state index >= 15 is 0 Å². The van der Waals surface area contributed by atoms with E-state index in [9.17, 15) is 21.6 Å². The summed E-state index contributed by atoms with van der Waals surface area (Å²) < 4.78 is 64.9. The number of sulfonamides is 1. The number of aliphatic imine (C=N–C) groups is 1. The molecule has 8 nitrogen and oxygen atoms in total. The highest BCUT2D eigenvalue weighted by atomic mass is 35.5. The Morgan fingerprint density at radius 3 is 2.36 bits per heavy atom. The molecule has 0 amide bonds. The Hall–Kier alpha value is -2.83. The summed E-state index contributed by atoms with van der Waals surface area (Å²) >= 11 is 6.18. The Morgan fingerprint density at radius 2 is 1.82 bits per heavy atom. The van der Waals surface area contributed by atoms with Crippen LogP contribution in [-0.4, -0.2) is 23.9 Å². The van der Waals surface area contributed by atoms with Crippen LogP contribution < -0.4 is 16.6 Å². The van der Waals surface area contributed by atoms with Crippen LogP contribution in [-0.2, 0) is 16.2 Å². The fraction of sp³-hybridized carbons (Fsp3) is 0.0667. The van der Waals surface area contributed by atoms with Crippen LogP contribution in [0, 0.1) is 0 Å². The van der Waals surface area contributed by atoms with Gasteiger partial charge in [0.2, 0.25) is 16.0 Å². The largest absolute Gasteiger partial charge is 0.417 e. The molecule has 0 radical (unpaired) electrons. The predicted molar refractivity (Wildman–Crippen MR) is 97.9 cm³/mol. The maximum Gasteiger partial charge on any atom is 0.417 e. The van der Waals surface area contributed by atoms with Gasteiger partial charge in [-0.1, -0.05) is 23.7 Å². The molecule has 2 aromatic carbocycles. The maximum atomic E-state index is 13.4. The van der Waals surface area contributed by atoms with Gasteiger partial charge in [-0.2, -0.15) is 18.2 Å². The number of nitrogens with two attached hydrogens (primary N) is 3. The Labute approximate surface area is 161 Å². The SMILES string of the molecule is NC(N)=Nc1nc2cc(C(F)(F)F)c(S(N)(=O)=O)cc2n1-c1ccccc1Cl. The van der Waals surface area contributed by atoms with Gasteiger partial charge in [0.1, 0.15) is 0 Å². The minimum absolute atomic E-state index is 0.0369. The molecule has 0 saturated heterocycles. The number of rotatable bonds is 3. The third kappa shape index (κ3) is 3.61. The highest BCUT2D eigenvalue weighted by Crippen LogP contribution is 2.38. The topological polar surface area (TPSA) is 142 Å². The normalized spacial score (nSPS) is 12.3. The predicted octanol–water partition coefficient (Wildman–Crippen LogP) is 2.25. The summed E-state index contributed by atoms with van der Waals surface area (Å²) in [7, 11) is -4.71. The molecular formula is C15H12ClF3N6O2S. The van der Waals surface area contributed by atoms with Gasteiger partial charge in [0.25, 0.3) is 0 Å². The molecule has 0 aliphatic rings. The fourth-order valence-corrected chi connectivity index (χ4v) is 3.59. The van der Waals surface area contributed by atoms with E-state index in [0.29, 0.717) is 6.07 Å². The molecule has 1 aromatic heterocycles. The lowest BCUT2D eigenvalue weighted by molar-refractivity contribution is -0.139. The smallest absolute Gasteiger partial charge is 0.370 e. The van der Waals surface area contributed by atoms with Crippen LogP contribution in [0.15, 0.2) is 46.3 Å². The Balaban J connectivity index is 2.51. The molecule has 0 fully saturated rings. The van der Waals surface area contributed by atoms with Crippen LogP contribution in [0.1, 0.15) is 5.56 Å². The number of benzene rings is 2. The number of aromatic nitrogens is 2. The Kier molecular flexibility index (Phi) is 4.73. The summed E-state index contributed by atoms with van der Waals surface area (Å²) in [4.78, 5) is 6.68. The highest BCUT2D eigenvalue weighted by Gasteiger charge is 2.37. The molecule has 0 saturated carbocycles. The van der Waals surface area contributed by atoms with Crippen LogP contribution >= 0.6 is 11.6 Å². The molecule has 0 aliphatic carbocycles. The summed E-state index contributed by atoms with van der Waals surface area (Å²) in [6, 6.07) is 7.61. The molecule has 3 aromatic rings. The first-order valence-corrected chi connectivity index (χ1v) is 9.33. The first-order valence-electron chi connectivity index (χ1n) is 7.40. The van der Waals surface area contributed by atoms with Crippen molar-refractivity contribution in [3.63, 3.8) is 0 Å². The van der Waals surface area contributed by atoms with Crippen LogP contribution in [0.25, 0.3) is 16.7 Å². The third-order valence-electron chi connectivity index (χ3n) is 3.67. The lowest BCUT2D eigenvalue weighted by atomic mass is 10.2. The lowest BCUT2D eigenvalue weighted by Gasteiger charge is -2.13. The van der Waals surface area contributed by atoms with Gasteiger partial charge < -0.3 is 11.5 Å². The number of primary sulfonamides is 1. The van der Waals surface area contributed by atoms with Gasteiger partial charge in [-0.3, -0.25) is 4.57 Å². The van der Waals surface area contributed by atoms with Gasteiger partial charge in [0.05, 0.1) is 32.2 Å². The molecule has 3 rings (SSSR count). The van der Waals surface area contributed by atoms with Crippen molar-refractivity contribution < 1.29 is 21.6 Å². The van der Waals surface area contributed by atoms with Gasteiger partial charge in [-0.25, -0.2) is 18.5 Å². The zero-order chi connectivity index (χ0) is 20.9. The Bertz CT molecular complexity index is 1220. The van der Waals surface area contributed by atoms with Crippen molar-refractivity contribution >= 4 is 44.6 Å². The monoisotopic (exact) mass is 432 g/mol. The number of alkyl halides is 3. The van der Waals surface area contributed by atoms with E-state index < -0.39 is 32.6 Å². The molecule has 0 atom stereocenters. The number of fused-ring (bicyclic) bond motifs is 1. The highest BCUT2D eigenvalue weighted by molar-refractivity contribution is 7.89. The van der Waals surface area contributed by atoms with Crippen molar-refractivity contribution in [3.05, 3.63) is 47.0 Å². The molecule has 6 N–H and O–H groups in total. The van der Waals surface area contributed by atoms with E-state index in [4.69, 9.17) is 28.2 Å². The zero-order valence-corrected chi connectivity index (χ0v) is 15.3. The molecule has 0 unspecified atom stereocenters. The molecule has 0 aliphatic heterocycles. The number of hydrogen-bond acceptors (Lipinski definition) is 4.